The molecular formula is C54H35NO. The van der Waals surface area contributed by atoms with E-state index in [1.807, 2.05) is 12.1 Å². The highest BCUT2D eigenvalue weighted by atomic mass is 16.3. The van der Waals surface area contributed by atoms with Gasteiger partial charge in [0, 0.05) is 33.4 Å². The van der Waals surface area contributed by atoms with Gasteiger partial charge in [0.1, 0.15) is 11.2 Å². The summed E-state index contributed by atoms with van der Waals surface area (Å²) < 4.78 is 6.41. The molecule has 0 atom stereocenters. The van der Waals surface area contributed by atoms with Crippen LogP contribution in [0.1, 0.15) is 0 Å². The third-order valence-corrected chi connectivity index (χ3v) is 11.2. The molecule has 0 spiro atoms. The normalized spacial score (nSPS) is 11.6. The van der Waals surface area contributed by atoms with E-state index in [9.17, 15) is 0 Å². The van der Waals surface area contributed by atoms with Gasteiger partial charge in [-0.3, -0.25) is 0 Å². The van der Waals surface area contributed by atoms with Crippen molar-refractivity contribution in [2.45, 2.75) is 0 Å². The Bertz CT molecular complexity index is 3240. The fourth-order valence-corrected chi connectivity index (χ4v) is 8.50. The zero-order valence-corrected chi connectivity index (χ0v) is 30.6. The standard InChI is InChI=1S/C54H35NO/c1-3-15-46-37(10-1)12-8-18-48(46)41-14-7-13-40(34-41)36-24-28-43(29-25-36)55(45-32-33-49-42(35-45)23-22-38-11-2-4-16-47(38)49)44-30-26-39(27-31-44)50-19-9-20-52-51-17-5-6-21-53(51)56-54(50)52/h1-35H. The number of rotatable bonds is 6. The Labute approximate surface area is 325 Å². The average molecular weight is 714 g/mol. The summed E-state index contributed by atoms with van der Waals surface area (Å²) in [5.41, 5.74) is 12.1. The highest BCUT2D eigenvalue weighted by Gasteiger charge is 2.17. The van der Waals surface area contributed by atoms with Crippen LogP contribution in [-0.2, 0) is 0 Å². The molecule has 11 aromatic rings. The van der Waals surface area contributed by atoms with Crippen LogP contribution in [0.4, 0.5) is 17.1 Å². The molecule has 0 amide bonds. The summed E-state index contributed by atoms with van der Waals surface area (Å²) in [5.74, 6) is 0. The molecule has 0 saturated carbocycles. The van der Waals surface area contributed by atoms with Gasteiger partial charge in [0.25, 0.3) is 0 Å². The minimum Gasteiger partial charge on any atom is -0.455 e. The molecule has 262 valence electrons. The first kappa shape index (κ1) is 32.0. The summed E-state index contributed by atoms with van der Waals surface area (Å²) in [6, 6.07) is 76.5. The molecule has 0 aliphatic heterocycles. The molecule has 1 aromatic heterocycles. The van der Waals surface area contributed by atoms with Crippen LogP contribution in [0.3, 0.4) is 0 Å². The first-order chi connectivity index (χ1) is 27.7. The van der Waals surface area contributed by atoms with Gasteiger partial charge in [0.15, 0.2) is 0 Å². The van der Waals surface area contributed by atoms with Crippen molar-refractivity contribution in [3.8, 4) is 33.4 Å². The SMILES string of the molecule is c1cc(-c2ccc(N(c3ccc(-c4cccc5c4oc4ccccc45)cc3)c3ccc4c(ccc5ccccc54)c3)cc2)cc(-c2cccc3ccccc23)c1. The predicted octanol–water partition coefficient (Wildman–Crippen LogP) is 15.5. The van der Waals surface area contributed by atoms with Crippen molar-refractivity contribution >= 4 is 71.3 Å². The second kappa shape index (κ2) is 13.2. The number of hydrogen-bond donors (Lipinski definition) is 0. The Morgan fingerprint density at radius 2 is 0.839 bits per heavy atom. The van der Waals surface area contributed by atoms with Gasteiger partial charge in [-0.25, -0.2) is 0 Å². The smallest absolute Gasteiger partial charge is 0.143 e. The Morgan fingerprint density at radius 3 is 1.66 bits per heavy atom. The van der Waals surface area contributed by atoms with Crippen LogP contribution in [0.2, 0.25) is 0 Å². The summed E-state index contributed by atoms with van der Waals surface area (Å²) in [7, 11) is 0. The van der Waals surface area contributed by atoms with Crippen molar-refractivity contribution in [3.63, 3.8) is 0 Å². The first-order valence-corrected chi connectivity index (χ1v) is 19.2. The fraction of sp³-hybridized carbons (Fsp3) is 0. The largest absolute Gasteiger partial charge is 0.455 e. The van der Waals surface area contributed by atoms with Gasteiger partial charge in [-0.05, 0) is 109 Å². The number of nitrogens with zero attached hydrogens (tertiary/aromatic N) is 1. The number of benzene rings is 10. The third kappa shape index (κ3) is 5.42. The molecule has 1 heterocycles. The van der Waals surface area contributed by atoms with Crippen LogP contribution < -0.4 is 4.90 Å². The molecule has 0 radical (unpaired) electrons. The van der Waals surface area contributed by atoms with Crippen molar-refractivity contribution < 1.29 is 4.42 Å². The number of anilines is 3. The van der Waals surface area contributed by atoms with E-state index in [4.69, 9.17) is 4.42 Å². The molecule has 0 N–H and O–H groups in total. The van der Waals surface area contributed by atoms with Gasteiger partial charge in [-0.2, -0.15) is 0 Å². The molecule has 10 aromatic carbocycles. The van der Waals surface area contributed by atoms with E-state index >= 15 is 0 Å². The Kier molecular flexibility index (Phi) is 7.53. The molecule has 0 bridgehead atoms. The Balaban J connectivity index is 1.00. The lowest BCUT2D eigenvalue weighted by atomic mass is 9.95. The van der Waals surface area contributed by atoms with Crippen LogP contribution in [0.25, 0.3) is 87.6 Å². The summed E-state index contributed by atoms with van der Waals surface area (Å²) in [6.45, 7) is 0. The van der Waals surface area contributed by atoms with E-state index in [0.29, 0.717) is 0 Å². The van der Waals surface area contributed by atoms with Crippen LogP contribution >= 0.6 is 0 Å². The highest BCUT2D eigenvalue weighted by Crippen LogP contribution is 2.41. The molecule has 2 heteroatoms. The minimum atomic E-state index is 0.908. The van der Waals surface area contributed by atoms with Crippen LogP contribution in [-0.4, -0.2) is 0 Å². The topological polar surface area (TPSA) is 16.4 Å². The molecule has 0 unspecified atom stereocenters. The van der Waals surface area contributed by atoms with Gasteiger partial charge >= 0.3 is 0 Å². The van der Waals surface area contributed by atoms with Crippen LogP contribution in [0.15, 0.2) is 217 Å². The van der Waals surface area contributed by atoms with E-state index in [0.717, 1.165) is 50.1 Å². The monoisotopic (exact) mass is 713 g/mol. The summed E-state index contributed by atoms with van der Waals surface area (Å²) in [5, 5.41) is 9.77. The molecule has 2 nitrogen and oxygen atoms in total. The van der Waals surface area contributed by atoms with Gasteiger partial charge < -0.3 is 9.32 Å². The van der Waals surface area contributed by atoms with Crippen molar-refractivity contribution in [3.05, 3.63) is 212 Å². The number of hydrogen-bond acceptors (Lipinski definition) is 2. The predicted molar refractivity (Wildman–Crippen MR) is 237 cm³/mol. The Morgan fingerprint density at radius 1 is 0.286 bits per heavy atom. The fourth-order valence-electron chi connectivity index (χ4n) is 8.50. The van der Waals surface area contributed by atoms with Crippen molar-refractivity contribution in [2.24, 2.45) is 0 Å². The molecule has 0 aliphatic rings. The second-order valence-electron chi connectivity index (χ2n) is 14.5. The minimum absolute atomic E-state index is 0.908. The van der Waals surface area contributed by atoms with Gasteiger partial charge in [0.2, 0.25) is 0 Å². The number of fused-ring (bicyclic) bond motifs is 7. The lowest BCUT2D eigenvalue weighted by Crippen LogP contribution is -2.09. The van der Waals surface area contributed by atoms with E-state index in [2.05, 4.69) is 205 Å². The molecule has 56 heavy (non-hydrogen) atoms. The molecule has 0 fully saturated rings. The highest BCUT2D eigenvalue weighted by molar-refractivity contribution is 6.10. The van der Waals surface area contributed by atoms with Crippen LogP contribution in [0.5, 0.6) is 0 Å². The molecule has 0 saturated heterocycles. The van der Waals surface area contributed by atoms with Crippen molar-refractivity contribution in [1.29, 1.82) is 0 Å². The molecular weight excluding hydrogens is 679 g/mol. The third-order valence-electron chi connectivity index (χ3n) is 11.2. The number of furan rings is 1. The lowest BCUT2D eigenvalue weighted by molar-refractivity contribution is 0.670. The van der Waals surface area contributed by atoms with Crippen molar-refractivity contribution in [2.75, 3.05) is 4.90 Å². The second-order valence-corrected chi connectivity index (χ2v) is 14.5. The van der Waals surface area contributed by atoms with E-state index < -0.39 is 0 Å². The van der Waals surface area contributed by atoms with Crippen molar-refractivity contribution in [1.82, 2.24) is 0 Å². The molecule has 11 rings (SSSR count). The summed E-state index contributed by atoms with van der Waals surface area (Å²) in [4.78, 5) is 2.36. The zero-order chi connectivity index (χ0) is 37.0. The van der Waals surface area contributed by atoms with Gasteiger partial charge in [-0.15, -0.1) is 0 Å². The Hall–Kier alpha value is -7.42. The first-order valence-electron chi connectivity index (χ1n) is 19.2. The van der Waals surface area contributed by atoms with Gasteiger partial charge in [-0.1, -0.05) is 164 Å². The number of para-hydroxylation sites is 2. The quantitative estimate of drug-likeness (QED) is 0.160. The maximum atomic E-state index is 6.41. The van der Waals surface area contributed by atoms with Crippen LogP contribution in [0, 0.1) is 0 Å². The average Bonchev–Trinajstić information content (AvgIpc) is 3.66. The van der Waals surface area contributed by atoms with E-state index in [1.54, 1.807) is 0 Å². The maximum absolute atomic E-state index is 6.41. The zero-order valence-electron chi connectivity index (χ0n) is 30.6. The summed E-state index contributed by atoms with van der Waals surface area (Å²) in [6.07, 6.45) is 0. The lowest BCUT2D eigenvalue weighted by Gasteiger charge is -2.26. The van der Waals surface area contributed by atoms with Gasteiger partial charge in [0.05, 0.1) is 0 Å². The maximum Gasteiger partial charge on any atom is 0.143 e. The summed E-state index contributed by atoms with van der Waals surface area (Å²) >= 11 is 0. The van der Waals surface area contributed by atoms with E-state index in [1.165, 1.54) is 54.6 Å². The van der Waals surface area contributed by atoms with E-state index in [-0.39, 0.29) is 0 Å². The molecule has 0 aliphatic carbocycles.